The SMILES string of the molecule is CC(F)(SOO[O-])C(=O)OCC(=O)OCC12CC3CC(CC(C3)C1)C2.O=C(COC(=O)C(F)(SOO[O-])C(F)(F)F)OCC12CC3CC(CC(CO)(C3)C1)C2.O=C(COC(=O)C(F)(SOO[O-])C(F)(F)F)OCC12CC3CC(CC(O)(C3)C1)C2.O=C(COC(=O)C(SOO[O-])(C(F)(F)F)C(F)(F)F)OCC12CC3CC(CC(CO)(C3)C1)C2.O=C(COC(=O)C(SOO[O-])(C(F)(F)F)C(F)(F)F)OCC12CC3CC(CC(O)(C3)C1)C2. The lowest BCUT2D eigenvalue weighted by Gasteiger charge is -2.61. The minimum atomic E-state index is -6.32. The van der Waals surface area contributed by atoms with E-state index in [9.17, 15) is 187 Å². The summed E-state index contributed by atoms with van der Waals surface area (Å²) in [6.45, 7) is -5.45. The minimum absolute atomic E-state index is 0.0138. The summed E-state index contributed by atoms with van der Waals surface area (Å²) in [5, 5.41) is 90.6. The quantitative estimate of drug-likeness (QED) is 0.0110. The Labute approximate surface area is 851 Å². The molecule has 0 aromatic carbocycles. The molecule has 149 heavy (non-hydrogen) atoms. The van der Waals surface area contributed by atoms with Crippen molar-refractivity contribution in [3.8, 4) is 0 Å². The molecule has 0 saturated heterocycles. The van der Waals surface area contributed by atoms with Crippen LogP contribution in [-0.2, 0) is 142 Å². The van der Waals surface area contributed by atoms with E-state index in [-0.39, 0.29) is 85.2 Å². The van der Waals surface area contributed by atoms with Gasteiger partial charge in [-0.3, -0.25) is 25.2 Å². The van der Waals surface area contributed by atoms with Crippen molar-refractivity contribution in [2.45, 2.75) is 272 Å². The Hall–Kier alpha value is -5.78. The van der Waals surface area contributed by atoms with Crippen LogP contribution in [0, 0.1) is 103 Å². The van der Waals surface area contributed by atoms with Crippen LogP contribution in [0.2, 0.25) is 0 Å². The maximum absolute atomic E-state index is 13.9. The van der Waals surface area contributed by atoms with Crippen LogP contribution in [0.3, 0.4) is 0 Å². The Bertz CT molecular complexity index is 4540. The highest BCUT2D eigenvalue weighted by atomic mass is 32.2. The van der Waals surface area contributed by atoms with E-state index >= 15 is 0 Å². The molecule has 0 aliphatic heterocycles. The first-order valence-corrected chi connectivity index (χ1v) is 49.8. The number of alkyl halides is 21. The van der Waals surface area contributed by atoms with Crippen molar-refractivity contribution in [1.29, 1.82) is 0 Å². The van der Waals surface area contributed by atoms with Crippen LogP contribution in [0.4, 0.5) is 92.2 Å². The van der Waals surface area contributed by atoms with Crippen LogP contribution >= 0.6 is 60.2 Å². The van der Waals surface area contributed by atoms with Gasteiger partial charge in [-0.25, -0.2) is 61.1 Å². The molecule has 0 amide bonds. The number of aliphatic hydroxyl groups excluding tert-OH is 2. The molecule has 11 unspecified atom stereocenters. The van der Waals surface area contributed by atoms with Gasteiger partial charge in [-0.2, -0.15) is 101 Å². The van der Waals surface area contributed by atoms with Crippen molar-refractivity contribution in [3.05, 3.63) is 0 Å². The van der Waals surface area contributed by atoms with Gasteiger partial charge in [-0.05, 0) is 275 Å². The Kier molecular flexibility index (Phi) is 39.4. The van der Waals surface area contributed by atoms with Crippen molar-refractivity contribution in [2.24, 2.45) is 103 Å². The number of esters is 10. The predicted molar refractivity (Wildman–Crippen MR) is 435 cm³/mol. The number of rotatable bonds is 42. The summed E-state index contributed by atoms with van der Waals surface area (Å²) in [5.74, 6) is -12.9. The molecule has 20 bridgehead atoms. The Morgan fingerprint density at radius 3 is 0.691 bits per heavy atom. The van der Waals surface area contributed by atoms with E-state index < -0.39 is 230 Å². The fourth-order valence-corrected chi connectivity index (χ4v) is 29.8. The third-order valence-corrected chi connectivity index (χ3v) is 34.9. The maximum Gasteiger partial charge on any atom is 0.446 e. The number of carbonyl (C=O) groups excluding carboxylic acids is 10. The standard InChI is InChI=1S/C18H22F6O8S.C17H20F6O8S.C17H22F4O8S.C16H20F4O8S.C16H23FO7S/c19-17(20,21)16(18(22,23)24,33-32-31-28)13(27)29-6-12(26)30-9-15-4-10-1-11(5-15)3-14(2-10,7-15)8-25;18-16(19,20)15(17(21,22)23,32-31-30-27)12(25)28-6-11(24)29-8-13-2-9-1-10(3-13)5-14(26,4-9)7-13;18-16(17(19,20)21,30-29-28-25)13(24)26-6-12(23)27-9-15-4-10-1-11(5-15)3-14(2-10,7-15)8-22;17-15(16(18,19)20,29-28-27-24)12(22)25-6-11(21)26-8-13-2-9-1-10(3-13)5-14(23,4-9)7-13;1-15(17,25-24-23-20)14(19)21-8-13(18)22-9-16-5-10-2-11(6-16)4-12(3-10)7-16/h10-11,25,28H,1-9H2;9-10,26-27H,1-8H2;10-11,22,25H,1-9H2;9-10,23-24H,1-8H2;10-12,20H,2-9H2,1H3/p-5. The smallest absolute Gasteiger partial charge is 0.446 e. The number of ether oxygens (including phenoxy) is 10. The monoisotopic (exact) mass is 2290 g/mol. The number of hydrogen-bond donors (Lipinski definition) is 4. The molecular formula is C84H102F21O39S5-5. The summed E-state index contributed by atoms with van der Waals surface area (Å²) in [4.78, 5) is 118. The Morgan fingerprint density at radius 2 is 0.456 bits per heavy atom. The van der Waals surface area contributed by atoms with Gasteiger partial charge in [0.1, 0.15) is 0 Å². The summed E-state index contributed by atoms with van der Waals surface area (Å²) in [6.07, 6.45) is -11.3. The molecule has 4 N–H and O–H groups in total. The molecule has 0 spiro atoms. The fraction of sp³-hybridized carbons (Fsp3) is 0.881. The fourth-order valence-electron chi connectivity index (χ4n) is 27.9. The summed E-state index contributed by atoms with van der Waals surface area (Å²) < 4.78 is 329. The molecular weight excluding hydrogens is 2190 g/mol. The summed E-state index contributed by atoms with van der Waals surface area (Å²) in [6, 6.07) is 0. The first-order chi connectivity index (χ1) is 69.1. The van der Waals surface area contributed by atoms with Crippen molar-refractivity contribution in [3.63, 3.8) is 0 Å². The molecule has 0 aromatic rings. The van der Waals surface area contributed by atoms with Crippen molar-refractivity contribution in [1.82, 2.24) is 0 Å². The largest absolute Gasteiger partial charge is 0.691 e. The van der Waals surface area contributed by atoms with Crippen LogP contribution in [0.25, 0.3) is 0 Å². The molecule has 20 saturated carbocycles. The molecule has 65 heteroatoms. The van der Waals surface area contributed by atoms with E-state index in [1.165, 1.54) is 19.3 Å². The van der Waals surface area contributed by atoms with Crippen molar-refractivity contribution >= 4 is 120 Å². The molecule has 11 atom stereocenters. The predicted octanol–water partition coefficient (Wildman–Crippen LogP) is 9.63. The lowest BCUT2D eigenvalue weighted by atomic mass is 9.44. The molecule has 0 aromatic heterocycles. The number of halogens is 21. The highest BCUT2D eigenvalue weighted by Gasteiger charge is 2.81. The van der Waals surface area contributed by atoms with Crippen LogP contribution in [0.15, 0.2) is 0 Å². The van der Waals surface area contributed by atoms with Gasteiger partial charge in [0.2, 0.25) is 0 Å². The van der Waals surface area contributed by atoms with Crippen molar-refractivity contribution in [2.75, 3.05) is 79.3 Å². The highest BCUT2D eigenvalue weighted by molar-refractivity contribution is 7.97. The Balaban J connectivity index is 0.000000177. The number of hydrogen-bond acceptors (Lipinski definition) is 44. The minimum Gasteiger partial charge on any atom is -0.691 e. The average Bonchev–Trinajstić information content (AvgIpc) is 0.727. The van der Waals surface area contributed by atoms with Gasteiger partial charge in [0.15, 0.2) is 33.0 Å². The third-order valence-electron chi connectivity index (χ3n) is 30.8. The first kappa shape index (κ1) is 123. The van der Waals surface area contributed by atoms with E-state index in [2.05, 4.69) is 70.5 Å². The van der Waals surface area contributed by atoms with Crippen LogP contribution in [0.5, 0.6) is 0 Å². The molecule has 20 rings (SSSR count). The zero-order valence-corrected chi connectivity index (χ0v) is 82.2. The first-order valence-electron chi connectivity index (χ1n) is 46.0. The zero-order chi connectivity index (χ0) is 111. The van der Waals surface area contributed by atoms with E-state index in [1.54, 1.807) is 0 Å². The Morgan fingerprint density at radius 1 is 0.255 bits per heavy atom. The zero-order valence-electron chi connectivity index (χ0n) is 78.1. The van der Waals surface area contributed by atoms with Gasteiger partial charge in [0.05, 0.1) is 104 Å². The molecule has 854 valence electrons. The second-order valence-electron chi connectivity index (χ2n) is 42.8. The van der Waals surface area contributed by atoms with Gasteiger partial charge in [0, 0.05) is 40.3 Å². The average molecular weight is 2290 g/mol. The molecule has 0 heterocycles. The third kappa shape index (κ3) is 28.9. The number of carbonyl (C=O) groups is 10. The lowest BCUT2D eigenvalue weighted by Crippen LogP contribution is -2.60. The molecule has 20 fully saturated rings. The van der Waals surface area contributed by atoms with E-state index in [1.807, 2.05) is 0 Å². The van der Waals surface area contributed by atoms with Crippen molar-refractivity contribution < 1.29 is 281 Å². The normalized spacial score (nSPS) is 33.6. The molecule has 0 radical (unpaired) electrons. The summed E-state index contributed by atoms with van der Waals surface area (Å²) in [5.41, 5.74) is -3.77. The van der Waals surface area contributed by atoms with Gasteiger partial charge in [0.25, 0.3) is 5.00 Å². The van der Waals surface area contributed by atoms with E-state index in [0.717, 1.165) is 134 Å². The lowest BCUT2D eigenvalue weighted by molar-refractivity contribution is -0.777. The molecule has 20 aliphatic rings. The van der Waals surface area contributed by atoms with Gasteiger partial charge in [-0.15, -0.1) is 0 Å². The highest BCUT2D eigenvalue weighted by Crippen LogP contribution is 2.70. The second-order valence-corrected chi connectivity index (χ2v) is 47.4. The van der Waals surface area contributed by atoms with Gasteiger partial charge >= 0.3 is 116 Å². The van der Waals surface area contributed by atoms with E-state index in [4.69, 9.17) is 23.7 Å². The maximum atomic E-state index is 13.9. The molecule has 20 aliphatic carbocycles. The summed E-state index contributed by atoms with van der Waals surface area (Å²) >= 11 is -5.89. The topological polar surface area (TPSA) is 552 Å². The van der Waals surface area contributed by atoms with E-state index in [0.29, 0.717) is 106 Å². The van der Waals surface area contributed by atoms with Crippen LogP contribution in [0.1, 0.15) is 200 Å². The second kappa shape index (κ2) is 47.6. The van der Waals surface area contributed by atoms with Gasteiger partial charge in [-0.1, -0.05) is 0 Å². The number of aliphatic hydroxyl groups is 4. The molecule has 39 nitrogen and oxygen atoms in total. The van der Waals surface area contributed by atoms with Crippen LogP contribution in [-0.4, -0.2) is 232 Å². The van der Waals surface area contributed by atoms with Crippen LogP contribution < -0.4 is 26.3 Å². The summed E-state index contributed by atoms with van der Waals surface area (Å²) in [7, 11) is 0. The van der Waals surface area contributed by atoms with Gasteiger partial charge < -0.3 is 94.1 Å².